The van der Waals surface area contributed by atoms with Crippen molar-refractivity contribution in [1.82, 2.24) is 4.98 Å². The van der Waals surface area contributed by atoms with Crippen molar-refractivity contribution in [3.05, 3.63) is 34.1 Å². The number of rotatable bonds is 4. The van der Waals surface area contributed by atoms with E-state index >= 15 is 0 Å². The molecule has 0 amide bonds. The summed E-state index contributed by atoms with van der Waals surface area (Å²) in [6.45, 7) is 1.53. The smallest absolute Gasteiger partial charge is 0.287 e. The van der Waals surface area contributed by atoms with E-state index in [4.69, 9.17) is 10.8 Å². The van der Waals surface area contributed by atoms with Crippen molar-refractivity contribution in [3.8, 4) is 0 Å². The third-order valence-electron chi connectivity index (χ3n) is 1.97. The van der Waals surface area contributed by atoms with Crippen LogP contribution in [0.1, 0.15) is 12.6 Å². The zero-order valence-corrected chi connectivity index (χ0v) is 8.38. The van der Waals surface area contributed by atoms with Gasteiger partial charge in [0.1, 0.15) is 6.20 Å². The maximum atomic E-state index is 10.4. The van der Waals surface area contributed by atoms with Gasteiger partial charge in [0.15, 0.2) is 0 Å². The van der Waals surface area contributed by atoms with Crippen LogP contribution in [-0.2, 0) is 6.42 Å². The summed E-state index contributed by atoms with van der Waals surface area (Å²) >= 11 is 0. The summed E-state index contributed by atoms with van der Waals surface area (Å²) in [4.78, 5) is 13.7. The van der Waals surface area contributed by atoms with E-state index in [-0.39, 0.29) is 12.3 Å². The second-order valence-corrected chi connectivity index (χ2v) is 3.75. The average Bonchev–Trinajstić information content (AvgIpc) is 2.18. The zero-order valence-electron chi connectivity index (χ0n) is 8.38. The molecule has 1 unspecified atom stereocenters. The SMILES string of the molecule is CC(N)(CO)Cc1ccc([N+](=O)[O-])cn1. The van der Waals surface area contributed by atoms with Gasteiger partial charge in [-0.2, -0.15) is 0 Å². The standard InChI is InChI=1S/C9H13N3O3/c1-9(10,6-13)4-7-2-3-8(5-11-7)12(14)15/h2-3,5,13H,4,6,10H2,1H3. The predicted molar refractivity (Wildman–Crippen MR) is 54.3 cm³/mol. The molecule has 6 nitrogen and oxygen atoms in total. The highest BCUT2D eigenvalue weighted by molar-refractivity contribution is 5.27. The van der Waals surface area contributed by atoms with Crippen LogP contribution in [0.4, 0.5) is 5.69 Å². The van der Waals surface area contributed by atoms with Gasteiger partial charge in [-0.1, -0.05) is 0 Å². The van der Waals surface area contributed by atoms with Crippen LogP contribution in [0.3, 0.4) is 0 Å². The molecule has 1 rings (SSSR count). The first-order valence-electron chi connectivity index (χ1n) is 4.44. The molecule has 0 saturated carbocycles. The number of nitrogens with two attached hydrogens (primary N) is 1. The van der Waals surface area contributed by atoms with Crippen molar-refractivity contribution >= 4 is 5.69 Å². The summed E-state index contributed by atoms with van der Waals surface area (Å²) in [6, 6.07) is 2.91. The molecule has 1 aromatic heterocycles. The number of nitrogens with zero attached hydrogens (tertiary/aromatic N) is 2. The summed E-state index contributed by atoms with van der Waals surface area (Å²) in [5, 5.41) is 19.3. The molecule has 0 spiro atoms. The Morgan fingerprint density at radius 2 is 2.33 bits per heavy atom. The number of aromatic nitrogens is 1. The first kappa shape index (κ1) is 11.5. The fourth-order valence-electron chi connectivity index (χ4n) is 1.10. The minimum Gasteiger partial charge on any atom is -0.394 e. The van der Waals surface area contributed by atoms with E-state index in [1.807, 2.05) is 0 Å². The third-order valence-corrected chi connectivity index (χ3v) is 1.97. The van der Waals surface area contributed by atoms with Gasteiger partial charge in [-0.15, -0.1) is 0 Å². The van der Waals surface area contributed by atoms with Crippen LogP contribution in [0, 0.1) is 10.1 Å². The molecule has 1 heterocycles. The van der Waals surface area contributed by atoms with Crippen LogP contribution in [0.5, 0.6) is 0 Å². The molecule has 1 atom stereocenters. The van der Waals surface area contributed by atoms with Crippen molar-refractivity contribution in [1.29, 1.82) is 0 Å². The van der Waals surface area contributed by atoms with E-state index in [0.29, 0.717) is 12.1 Å². The van der Waals surface area contributed by atoms with Crippen molar-refractivity contribution in [2.75, 3.05) is 6.61 Å². The molecule has 0 aliphatic heterocycles. The van der Waals surface area contributed by atoms with E-state index in [1.165, 1.54) is 12.3 Å². The maximum Gasteiger partial charge on any atom is 0.287 e. The molecule has 6 heteroatoms. The van der Waals surface area contributed by atoms with Crippen LogP contribution >= 0.6 is 0 Å². The first-order chi connectivity index (χ1) is 6.94. The molecule has 1 aromatic rings. The van der Waals surface area contributed by atoms with Gasteiger partial charge in [-0.25, -0.2) is 0 Å². The van der Waals surface area contributed by atoms with Crippen LogP contribution in [-0.4, -0.2) is 27.2 Å². The minimum atomic E-state index is -0.747. The summed E-state index contributed by atoms with van der Waals surface area (Å²) in [6.07, 6.45) is 1.56. The maximum absolute atomic E-state index is 10.4. The van der Waals surface area contributed by atoms with E-state index in [1.54, 1.807) is 13.0 Å². The van der Waals surface area contributed by atoms with Crippen molar-refractivity contribution in [2.24, 2.45) is 5.73 Å². The Morgan fingerprint density at radius 3 is 2.73 bits per heavy atom. The van der Waals surface area contributed by atoms with Gasteiger partial charge in [0.25, 0.3) is 5.69 Å². The minimum absolute atomic E-state index is 0.0542. The molecule has 0 fully saturated rings. The Balaban J connectivity index is 2.77. The van der Waals surface area contributed by atoms with Gasteiger partial charge in [0.05, 0.1) is 11.5 Å². The Morgan fingerprint density at radius 1 is 1.67 bits per heavy atom. The van der Waals surface area contributed by atoms with E-state index in [0.717, 1.165) is 0 Å². The van der Waals surface area contributed by atoms with E-state index in [9.17, 15) is 10.1 Å². The molecular weight excluding hydrogens is 198 g/mol. The molecule has 82 valence electrons. The zero-order chi connectivity index (χ0) is 11.5. The molecule has 0 aliphatic carbocycles. The Hall–Kier alpha value is -1.53. The van der Waals surface area contributed by atoms with Crippen molar-refractivity contribution < 1.29 is 10.0 Å². The first-order valence-corrected chi connectivity index (χ1v) is 4.44. The summed E-state index contributed by atoms with van der Waals surface area (Å²) in [5.74, 6) is 0. The summed E-state index contributed by atoms with van der Waals surface area (Å²) in [5.41, 5.74) is 5.55. The fraction of sp³-hybridized carbons (Fsp3) is 0.444. The molecule has 0 radical (unpaired) electrons. The highest BCUT2D eigenvalue weighted by Gasteiger charge is 2.18. The topological polar surface area (TPSA) is 102 Å². The largest absolute Gasteiger partial charge is 0.394 e. The van der Waals surface area contributed by atoms with E-state index < -0.39 is 10.5 Å². The van der Waals surface area contributed by atoms with Crippen LogP contribution in [0.25, 0.3) is 0 Å². The Labute approximate surface area is 86.9 Å². The van der Waals surface area contributed by atoms with Crippen LogP contribution in [0.15, 0.2) is 18.3 Å². The van der Waals surface area contributed by atoms with Gasteiger partial charge >= 0.3 is 0 Å². The number of nitro groups is 1. The lowest BCUT2D eigenvalue weighted by molar-refractivity contribution is -0.385. The van der Waals surface area contributed by atoms with Gasteiger partial charge in [-0.3, -0.25) is 15.1 Å². The van der Waals surface area contributed by atoms with E-state index in [2.05, 4.69) is 4.98 Å². The predicted octanol–water partition coefficient (Wildman–Crippen LogP) is 0.242. The second-order valence-electron chi connectivity index (χ2n) is 3.75. The molecule has 0 saturated heterocycles. The number of hydrogen-bond acceptors (Lipinski definition) is 5. The molecule has 0 aliphatic rings. The number of pyridine rings is 1. The fourth-order valence-corrected chi connectivity index (χ4v) is 1.10. The summed E-state index contributed by atoms with van der Waals surface area (Å²) in [7, 11) is 0. The third kappa shape index (κ3) is 3.26. The van der Waals surface area contributed by atoms with Crippen molar-refractivity contribution in [3.63, 3.8) is 0 Å². The lowest BCUT2D eigenvalue weighted by atomic mass is 9.98. The Kier molecular flexibility index (Phi) is 3.33. The number of aliphatic hydroxyl groups excluding tert-OH is 1. The molecule has 0 aromatic carbocycles. The van der Waals surface area contributed by atoms with Crippen molar-refractivity contribution in [2.45, 2.75) is 18.9 Å². The molecule has 0 bridgehead atoms. The lowest BCUT2D eigenvalue weighted by Gasteiger charge is -2.20. The van der Waals surface area contributed by atoms with Gasteiger partial charge in [0.2, 0.25) is 0 Å². The van der Waals surface area contributed by atoms with Gasteiger partial charge in [0, 0.05) is 23.7 Å². The summed E-state index contributed by atoms with van der Waals surface area (Å²) < 4.78 is 0. The van der Waals surface area contributed by atoms with Gasteiger partial charge < -0.3 is 10.8 Å². The number of hydrogen-bond donors (Lipinski definition) is 2. The normalized spacial score (nSPS) is 14.6. The quantitative estimate of drug-likeness (QED) is 0.548. The molecule has 15 heavy (non-hydrogen) atoms. The monoisotopic (exact) mass is 211 g/mol. The van der Waals surface area contributed by atoms with Crippen LogP contribution in [0.2, 0.25) is 0 Å². The molecular formula is C9H13N3O3. The highest BCUT2D eigenvalue weighted by Crippen LogP contribution is 2.12. The Bertz CT molecular complexity index is 348. The average molecular weight is 211 g/mol. The number of aliphatic hydroxyl groups is 1. The highest BCUT2D eigenvalue weighted by atomic mass is 16.6. The van der Waals surface area contributed by atoms with Crippen LogP contribution < -0.4 is 5.73 Å². The lowest BCUT2D eigenvalue weighted by Crippen LogP contribution is -2.42. The van der Waals surface area contributed by atoms with Gasteiger partial charge in [-0.05, 0) is 13.0 Å². The molecule has 3 N–H and O–H groups in total. The second kappa shape index (κ2) is 4.33.